The summed E-state index contributed by atoms with van der Waals surface area (Å²) in [5.74, 6) is -0.651. The highest BCUT2D eigenvalue weighted by molar-refractivity contribution is 6.04. The summed E-state index contributed by atoms with van der Waals surface area (Å²) in [5.41, 5.74) is 1.93. The maximum atomic E-state index is 13.6. The normalized spacial score (nSPS) is 27.8. The Bertz CT molecular complexity index is 861. The highest BCUT2D eigenvalue weighted by Gasteiger charge is 2.57. The number of nitrogens with one attached hydrogen (secondary N) is 1. The summed E-state index contributed by atoms with van der Waals surface area (Å²) >= 11 is 0. The first kappa shape index (κ1) is 17.8. The van der Waals surface area contributed by atoms with Crippen LogP contribution in [0.2, 0.25) is 0 Å². The van der Waals surface area contributed by atoms with Crippen molar-refractivity contribution in [2.75, 3.05) is 13.1 Å². The molecule has 2 aliphatic heterocycles. The van der Waals surface area contributed by atoms with Crippen molar-refractivity contribution in [2.24, 2.45) is 0 Å². The number of nitriles is 1. The van der Waals surface area contributed by atoms with E-state index in [0.29, 0.717) is 25.1 Å². The van der Waals surface area contributed by atoms with Crippen molar-refractivity contribution >= 4 is 11.7 Å². The molecule has 1 N–H and O–H groups in total. The minimum Gasteiger partial charge on any atom is -0.362 e. The summed E-state index contributed by atoms with van der Waals surface area (Å²) in [4.78, 5) is 28.3. The van der Waals surface area contributed by atoms with Crippen LogP contribution < -0.4 is 5.32 Å². The molecule has 0 bridgehead atoms. The van der Waals surface area contributed by atoms with Gasteiger partial charge in [0.05, 0.1) is 5.92 Å². The number of piperidine rings is 1. The lowest BCUT2D eigenvalue weighted by molar-refractivity contribution is -0.137. The van der Waals surface area contributed by atoms with Gasteiger partial charge in [-0.2, -0.15) is 5.26 Å². The number of ketones is 1. The number of carbonyl (C=O) groups is 2. The number of rotatable bonds is 2. The van der Waals surface area contributed by atoms with Crippen LogP contribution >= 0.6 is 0 Å². The minimum atomic E-state index is -1.42. The molecule has 1 amide bonds. The number of carbonyl (C=O) groups excluding carboxylic acids is 2. The summed E-state index contributed by atoms with van der Waals surface area (Å²) in [7, 11) is 0. The largest absolute Gasteiger partial charge is 0.362 e. The Kier molecular flexibility index (Phi) is 4.51. The van der Waals surface area contributed by atoms with Crippen LogP contribution in [-0.4, -0.2) is 35.2 Å². The molecule has 0 spiro atoms. The molecule has 5 nitrogen and oxygen atoms in total. The van der Waals surface area contributed by atoms with Gasteiger partial charge in [0, 0.05) is 30.8 Å². The summed E-state index contributed by atoms with van der Waals surface area (Å²) < 4.78 is 0. The molecule has 1 aromatic rings. The van der Waals surface area contributed by atoms with Gasteiger partial charge in [0.15, 0.2) is 5.78 Å². The van der Waals surface area contributed by atoms with E-state index in [2.05, 4.69) is 11.4 Å². The van der Waals surface area contributed by atoms with Gasteiger partial charge >= 0.3 is 0 Å². The quantitative estimate of drug-likeness (QED) is 0.877. The molecule has 3 aliphatic rings. The number of Topliss-reactive ketones (excluding diaryl/α,β-unsaturated/α-hetero) is 1. The third kappa shape index (κ3) is 2.75. The average Bonchev–Trinajstić information content (AvgIpc) is 3.05. The maximum Gasteiger partial charge on any atom is 0.264 e. The molecule has 140 valence electrons. The second-order valence-electron chi connectivity index (χ2n) is 7.86. The Morgan fingerprint density at radius 2 is 1.93 bits per heavy atom. The fraction of sp³-hybridized carbons (Fsp3) is 0.500. The second-order valence-corrected chi connectivity index (χ2v) is 7.86. The molecule has 27 heavy (non-hydrogen) atoms. The number of allylic oxidation sites excluding steroid dienone is 1. The first-order chi connectivity index (χ1) is 13.1. The number of hydrogen-bond acceptors (Lipinski definition) is 4. The highest BCUT2D eigenvalue weighted by atomic mass is 16.2. The Balaban J connectivity index is 1.85. The molecule has 5 heteroatoms. The van der Waals surface area contributed by atoms with Crippen LogP contribution in [0.25, 0.3) is 0 Å². The zero-order valence-corrected chi connectivity index (χ0v) is 15.8. The lowest BCUT2D eigenvalue weighted by atomic mass is 9.73. The topological polar surface area (TPSA) is 73.2 Å². The van der Waals surface area contributed by atoms with Gasteiger partial charge in [-0.15, -0.1) is 0 Å². The summed E-state index contributed by atoms with van der Waals surface area (Å²) in [6, 6.07) is 10.1. The number of nitrogens with zero attached hydrogens (tertiary/aromatic N) is 2. The van der Waals surface area contributed by atoms with Gasteiger partial charge in [0.2, 0.25) is 5.54 Å². The van der Waals surface area contributed by atoms with Crippen molar-refractivity contribution in [3.8, 4) is 6.07 Å². The van der Waals surface area contributed by atoms with Gasteiger partial charge in [-0.05, 0) is 50.2 Å². The number of benzene rings is 1. The SMILES string of the molecule is Cc1ccccc1C1C2=C(CCCC2=O)NC1(C#N)C(=O)N1CCCCC1. The standard InChI is InChI=1S/C22H25N3O2/c1-15-8-3-4-9-16(15)20-19-17(10-7-11-18(19)26)24-22(20,14-23)21(27)25-12-5-2-6-13-25/h3-4,8-9,20,24H,2,5-7,10-13H2,1H3. The van der Waals surface area contributed by atoms with Crippen LogP contribution in [0.3, 0.4) is 0 Å². The smallest absolute Gasteiger partial charge is 0.264 e. The lowest BCUT2D eigenvalue weighted by Gasteiger charge is -2.37. The molecular weight excluding hydrogens is 338 g/mol. The molecule has 4 rings (SSSR count). The minimum absolute atomic E-state index is 0.0700. The predicted octanol–water partition coefficient (Wildman–Crippen LogP) is 2.96. The summed E-state index contributed by atoms with van der Waals surface area (Å²) in [6.07, 6.45) is 5.03. The van der Waals surface area contributed by atoms with E-state index in [9.17, 15) is 14.9 Å². The number of aryl methyl sites for hydroxylation is 1. The van der Waals surface area contributed by atoms with Gasteiger partial charge in [-0.1, -0.05) is 24.3 Å². The molecule has 1 aliphatic carbocycles. The first-order valence-electron chi connectivity index (χ1n) is 9.89. The Hall–Kier alpha value is -2.61. The van der Waals surface area contributed by atoms with E-state index in [-0.39, 0.29) is 11.7 Å². The molecule has 1 aromatic carbocycles. The van der Waals surface area contributed by atoms with Crippen LogP contribution in [0.1, 0.15) is 55.6 Å². The molecular formula is C22H25N3O2. The van der Waals surface area contributed by atoms with Crippen LogP contribution in [0, 0.1) is 18.3 Å². The summed E-state index contributed by atoms with van der Waals surface area (Å²) in [5, 5.41) is 13.5. The molecule has 1 fully saturated rings. The van der Waals surface area contributed by atoms with Gasteiger partial charge in [-0.25, -0.2) is 0 Å². The molecule has 2 unspecified atom stereocenters. The average molecular weight is 363 g/mol. The van der Waals surface area contributed by atoms with Crippen molar-refractivity contribution in [1.82, 2.24) is 10.2 Å². The summed E-state index contributed by atoms with van der Waals surface area (Å²) in [6.45, 7) is 3.35. The van der Waals surface area contributed by atoms with E-state index < -0.39 is 11.5 Å². The number of likely N-dealkylation sites (tertiary alicyclic amines) is 1. The van der Waals surface area contributed by atoms with E-state index in [0.717, 1.165) is 48.9 Å². The molecule has 0 radical (unpaired) electrons. The fourth-order valence-corrected chi connectivity index (χ4v) is 4.82. The van der Waals surface area contributed by atoms with Crippen LogP contribution in [0.4, 0.5) is 0 Å². The first-order valence-corrected chi connectivity index (χ1v) is 9.89. The third-order valence-electron chi connectivity index (χ3n) is 6.18. The van der Waals surface area contributed by atoms with Gasteiger partial charge in [0.1, 0.15) is 6.07 Å². The molecule has 0 aromatic heterocycles. The molecule has 2 heterocycles. The van der Waals surface area contributed by atoms with Crippen LogP contribution in [0.5, 0.6) is 0 Å². The van der Waals surface area contributed by atoms with Gasteiger partial charge in [0.25, 0.3) is 5.91 Å². The Morgan fingerprint density at radius 1 is 1.19 bits per heavy atom. The van der Waals surface area contributed by atoms with Gasteiger partial charge < -0.3 is 10.2 Å². The fourth-order valence-electron chi connectivity index (χ4n) is 4.82. The van der Waals surface area contributed by atoms with Crippen molar-refractivity contribution in [2.45, 2.75) is 56.9 Å². The van der Waals surface area contributed by atoms with Crippen molar-refractivity contribution in [3.63, 3.8) is 0 Å². The lowest BCUT2D eigenvalue weighted by Crippen LogP contribution is -2.58. The second kappa shape index (κ2) is 6.84. The van der Waals surface area contributed by atoms with Crippen molar-refractivity contribution < 1.29 is 9.59 Å². The van der Waals surface area contributed by atoms with E-state index >= 15 is 0 Å². The molecule has 1 saturated heterocycles. The van der Waals surface area contributed by atoms with Crippen molar-refractivity contribution in [1.29, 1.82) is 5.26 Å². The van der Waals surface area contributed by atoms with E-state index in [1.54, 1.807) is 0 Å². The Morgan fingerprint density at radius 3 is 2.63 bits per heavy atom. The monoisotopic (exact) mass is 363 g/mol. The van der Waals surface area contributed by atoms with Crippen LogP contribution in [0.15, 0.2) is 35.5 Å². The zero-order chi connectivity index (χ0) is 19.0. The van der Waals surface area contributed by atoms with E-state index in [1.807, 2.05) is 36.1 Å². The van der Waals surface area contributed by atoms with Gasteiger partial charge in [-0.3, -0.25) is 9.59 Å². The van der Waals surface area contributed by atoms with E-state index in [1.165, 1.54) is 0 Å². The maximum absolute atomic E-state index is 13.6. The zero-order valence-electron chi connectivity index (χ0n) is 15.8. The molecule has 2 atom stereocenters. The molecule has 0 saturated carbocycles. The predicted molar refractivity (Wildman–Crippen MR) is 102 cm³/mol. The number of hydrogen-bond donors (Lipinski definition) is 1. The third-order valence-corrected chi connectivity index (χ3v) is 6.18. The Labute approximate surface area is 160 Å². The number of amides is 1. The van der Waals surface area contributed by atoms with Crippen molar-refractivity contribution in [3.05, 3.63) is 46.7 Å². The van der Waals surface area contributed by atoms with Crippen LogP contribution in [-0.2, 0) is 9.59 Å². The highest BCUT2D eigenvalue weighted by Crippen LogP contribution is 2.47. The van der Waals surface area contributed by atoms with E-state index in [4.69, 9.17) is 0 Å².